The third-order valence-electron chi connectivity index (χ3n) is 3.08. The van der Waals surface area contributed by atoms with E-state index < -0.39 is 18.0 Å². The highest BCUT2D eigenvalue weighted by Gasteiger charge is 2.32. The molecule has 2 unspecified atom stereocenters. The zero-order valence-corrected chi connectivity index (χ0v) is 11.9. The molecular formula is C14H19ClO3. The lowest BCUT2D eigenvalue weighted by atomic mass is 9.85. The number of aliphatic hydroxyl groups is 1. The van der Waals surface area contributed by atoms with Crippen LogP contribution in [-0.4, -0.2) is 18.2 Å². The summed E-state index contributed by atoms with van der Waals surface area (Å²) in [5.41, 5.74) is 1.58. The van der Waals surface area contributed by atoms with Gasteiger partial charge in [-0.25, -0.2) is 0 Å². The maximum atomic E-state index is 11.7. The van der Waals surface area contributed by atoms with Gasteiger partial charge in [-0.3, -0.25) is 4.79 Å². The smallest absolute Gasteiger partial charge is 0.311 e. The second kappa shape index (κ2) is 6.21. The molecule has 0 bridgehead atoms. The Kier molecular flexibility index (Phi) is 5.17. The third kappa shape index (κ3) is 3.24. The van der Waals surface area contributed by atoms with Crippen molar-refractivity contribution < 1.29 is 14.6 Å². The molecule has 0 aliphatic heterocycles. The number of carbonyl (C=O) groups excluding carboxylic acids is 1. The molecular weight excluding hydrogens is 252 g/mol. The number of aliphatic hydroxyl groups excluding tert-OH is 1. The second-order valence-corrected chi connectivity index (χ2v) is 5.18. The Hall–Kier alpha value is -1.06. The fraction of sp³-hybridized carbons (Fsp3) is 0.500. The molecule has 0 saturated carbocycles. The maximum absolute atomic E-state index is 11.7. The molecule has 0 spiro atoms. The molecule has 3 nitrogen and oxygen atoms in total. The summed E-state index contributed by atoms with van der Waals surface area (Å²) >= 11 is 5.88. The molecule has 1 aromatic rings. The molecule has 0 heterocycles. The number of esters is 1. The molecule has 1 aromatic carbocycles. The lowest BCUT2D eigenvalue weighted by Gasteiger charge is -2.25. The van der Waals surface area contributed by atoms with Crippen molar-refractivity contribution in [2.24, 2.45) is 11.8 Å². The van der Waals surface area contributed by atoms with E-state index >= 15 is 0 Å². The van der Waals surface area contributed by atoms with Gasteiger partial charge in [-0.1, -0.05) is 31.5 Å². The minimum atomic E-state index is -0.880. The summed E-state index contributed by atoms with van der Waals surface area (Å²) in [5, 5.41) is 11.0. The first-order valence-electron chi connectivity index (χ1n) is 5.90. The molecule has 100 valence electrons. The molecule has 18 heavy (non-hydrogen) atoms. The van der Waals surface area contributed by atoms with Crippen molar-refractivity contribution in [1.29, 1.82) is 0 Å². The van der Waals surface area contributed by atoms with E-state index in [1.807, 2.05) is 20.8 Å². The van der Waals surface area contributed by atoms with Gasteiger partial charge in [0.2, 0.25) is 0 Å². The van der Waals surface area contributed by atoms with Gasteiger partial charge in [0.05, 0.1) is 19.1 Å². The Balaban J connectivity index is 3.09. The van der Waals surface area contributed by atoms with E-state index in [1.54, 1.807) is 18.2 Å². The van der Waals surface area contributed by atoms with Gasteiger partial charge >= 0.3 is 5.97 Å². The number of hydrogen-bond donors (Lipinski definition) is 1. The van der Waals surface area contributed by atoms with Gasteiger partial charge in [-0.15, -0.1) is 0 Å². The fourth-order valence-electron chi connectivity index (χ4n) is 2.07. The first-order valence-corrected chi connectivity index (χ1v) is 6.28. The number of aryl methyl sites for hydroxylation is 1. The van der Waals surface area contributed by atoms with Gasteiger partial charge < -0.3 is 9.84 Å². The normalized spacial score (nSPS) is 14.4. The number of methoxy groups -OCH3 is 1. The average molecular weight is 271 g/mol. The van der Waals surface area contributed by atoms with E-state index in [9.17, 15) is 9.90 Å². The summed E-state index contributed by atoms with van der Waals surface area (Å²) in [7, 11) is 1.33. The summed E-state index contributed by atoms with van der Waals surface area (Å²) in [6, 6.07) is 5.23. The largest absolute Gasteiger partial charge is 0.469 e. The van der Waals surface area contributed by atoms with Crippen molar-refractivity contribution in [3.8, 4) is 0 Å². The van der Waals surface area contributed by atoms with Crippen LogP contribution in [0.4, 0.5) is 0 Å². The van der Waals surface area contributed by atoms with Crippen LogP contribution in [0.15, 0.2) is 18.2 Å². The zero-order valence-electron chi connectivity index (χ0n) is 11.1. The summed E-state index contributed by atoms with van der Waals surface area (Å²) < 4.78 is 4.75. The van der Waals surface area contributed by atoms with Gasteiger partial charge in [-0.2, -0.15) is 0 Å². The van der Waals surface area contributed by atoms with Crippen LogP contribution in [0.25, 0.3) is 0 Å². The van der Waals surface area contributed by atoms with Crippen LogP contribution in [0.1, 0.15) is 31.1 Å². The minimum absolute atomic E-state index is 0.0115. The number of hydrogen-bond acceptors (Lipinski definition) is 3. The molecule has 0 fully saturated rings. The summed E-state index contributed by atoms with van der Waals surface area (Å²) in [6.45, 7) is 5.63. The average Bonchev–Trinajstić information content (AvgIpc) is 2.28. The molecule has 4 heteroatoms. The summed E-state index contributed by atoms with van der Waals surface area (Å²) in [5.74, 6) is -0.982. The molecule has 1 N–H and O–H groups in total. The van der Waals surface area contributed by atoms with Crippen molar-refractivity contribution in [3.63, 3.8) is 0 Å². The van der Waals surface area contributed by atoms with Crippen LogP contribution in [-0.2, 0) is 9.53 Å². The van der Waals surface area contributed by atoms with Crippen LogP contribution in [0.3, 0.4) is 0 Å². The van der Waals surface area contributed by atoms with Crippen LogP contribution < -0.4 is 0 Å². The molecule has 2 atom stereocenters. The van der Waals surface area contributed by atoms with E-state index in [0.717, 1.165) is 5.56 Å². The molecule has 0 saturated heterocycles. The third-order valence-corrected chi connectivity index (χ3v) is 3.32. The highest BCUT2D eigenvalue weighted by Crippen LogP contribution is 2.31. The Morgan fingerprint density at radius 1 is 1.39 bits per heavy atom. The molecule has 0 radical (unpaired) electrons. The second-order valence-electron chi connectivity index (χ2n) is 4.74. The van der Waals surface area contributed by atoms with Gasteiger partial charge in [0.1, 0.15) is 0 Å². The Morgan fingerprint density at radius 3 is 2.44 bits per heavy atom. The van der Waals surface area contributed by atoms with Crippen molar-refractivity contribution >= 4 is 17.6 Å². The highest BCUT2D eigenvalue weighted by atomic mass is 35.5. The van der Waals surface area contributed by atoms with E-state index in [2.05, 4.69) is 0 Å². The lowest BCUT2D eigenvalue weighted by Crippen LogP contribution is -2.28. The standard InChI is InChI=1S/C14H19ClO3/c1-8(2)12(14(17)18-4)13(16)11-6-5-10(15)7-9(11)3/h5-8,12-13,16H,1-4H3. The fourth-order valence-corrected chi connectivity index (χ4v) is 2.29. The Bertz CT molecular complexity index is 429. The zero-order chi connectivity index (χ0) is 13.9. The van der Waals surface area contributed by atoms with Crippen molar-refractivity contribution in [2.45, 2.75) is 26.9 Å². The van der Waals surface area contributed by atoms with Gasteiger partial charge in [-0.05, 0) is 36.1 Å². The van der Waals surface area contributed by atoms with Gasteiger partial charge in [0.25, 0.3) is 0 Å². The number of rotatable bonds is 4. The first kappa shape index (κ1) is 15.0. The van der Waals surface area contributed by atoms with Crippen molar-refractivity contribution in [1.82, 2.24) is 0 Å². The topological polar surface area (TPSA) is 46.5 Å². The number of carbonyl (C=O) groups is 1. The summed E-state index contributed by atoms with van der Waals surface area (Å²) in [6.07, 6.45) is -0.880. The predicted octanol–water partition coefficient (Wildman–Crippen LogP) is 3.13. The van der Waals surface area contributed by atoms with E-state index in [4.69, 9.17) is 16.3 Å². The van der Waals surface area contributed by atoms with Crippen LogP contribution in [0.5, 0.6) is 0 Å². The lowest BCUT2D eigenvalue weighted by molar-refractivity contribution is -0.152. The number of benzene rings is 1. The molecule has 0 amide bonds. The SMILES string of the molecule is COC(=O)C(C(C)C)C(O)c1ccc(Cl)cc1C. The predicted molar refractivity (Wildman–Crippen MR) is 71.5 cm³/mol. The van der Waals surface area contributed by atoms with Crippen LogP contribution in [0, 0.1) is 18.8 Å². The first-order chi connectivity index (χ1) is 8.38. The Labute approximate surface area is 113 Å². The van der Waals surface area contributed by atoms with Gasteiger partial charge in [0.15, 0.2) is 0 Å². The van der Waals surface area contributed by atoms with Crippen LogP contribution in [0.2, 0.25) is 5.02 Å². The number of ether oxygens (including phenoxy) is 1. The van der Waals surface area contributed by atoms with Crippen molar-refractivity contribution in [2.75, 3.05) is 7.11 Å². The summed E-state index contributed by atoms with van der Waals surface area (Å²) in [4.78, 5) is 11.7. The number of halogens is 1. The molecule has 0 aliphatic carbocycles. The maximum Gasteiger partial charge on any atom is 0.311 e. The monoisotopic (exact) mass is 270 g/mol. The minimum Gasteiger partial charge on any atom is -0.469 e. The van der Waals surface area contributed by atoms with Crippen LogP contribution >= 0.6 is 11.6 Å². The van der Waals surface area contributed by atoms with E-state index in [1.165, 1.54) is 7.11 Å². The van der Waals surface area contributed by atoms with Gasteiger partial charge in [0, 0.05) is 5.02 Å². The van der Waals surface area contributed by atoms with E-state index in [-0.39, 0.29) is 5.92 Å². The highest BCUT2D eigenvalue weighted by molar-refractivity contribution is 6.30. The Morgan fingerprint density at radius 2 is 2.00 bits per heavy atom. The molecule has 0 aromatic heterocycles. The van der Waals surface area contributed by atoms with Crippen molar-refractivity contribution in [3.05, 3.63) is 34.3 Å². The molecule has 1 rings (SSSR count). The quantitative estimate of drug-likeness (QED) is 0.855. The van der Waals surface area contributed by atoms with E-state index in [0.29, 0.717) is 10.6 Å². The molecule has 0 aliphatic rings.